The van der Waals surface area contributed by atoms with Crippen LogP contribution in [0.25, 0.3) is 0 Å². The monoisotopic (exact) mass is 345 g/mol. The summed E-state index contributed by atoms with van der Waals surface area (Å²) in [7, 11) is 2.03. The highest BCUT2D eigenvalue weighted by Gasteiger charge is 2.30. The van der Waals surface area contributed by atoms with Gasteiger partial charge in [-0.2, -0.15) is 0 Å². The molecule has 0 spiro atoms. The van der Waals surface area contributed by atoms with Gasteiger partial charge in [0.1, 0.15) is 23.3 Å². The van der Waals surface area contributed by atoms with Crippen molar-refractivity contribution >= 4 is 5.82 Å². The molecule has 0 amide bonds. The van der Waals surface area contributed by atoms with Crippen molar-refractivity contribution in [1.82, 2.24) is 19.9 Å². The largest absolute Gasteiger partial charge is 0.355 e. The lowest BCUT2D eigenvalue weighted by Gasteiger charge is -2.26. The molecular formula is C18H21F2N5. The van der Waals surface area contributed by atoms with Gasteiger partial charge in [0, 0.05) is 50.4 Å². The third-order valence-corrected chi connectivity index (χ3v) is 5.09. The Kier molecular flexibility index (Phi) is 4.33. The molecule has 0 N–H and O–H groups in total. The molecule has 25 heavy (non-hydrogen) atoms. The predicted molar refractivity (Wildman–Crippen MR) is 90.2 cm³/mol. The number of hydrogen-bond acceptors (Lipinski definition) is 5. The van der Waals surface area contributed by atoms with E-state index in [1.54, 1.807) is 0 Å². The van der Waals surface area contributed by atoms with Crippen molar-refractivity contribution in [3.8, 4) is 0 Å². The van der Waals surface area contributed by atoms with Gasteiger partial charge in [-0.05, 0) is 25.3 Å². The summed E-state index contributed by atoms with van der Waals surface area (Å²) in [4.78, 5) is 16.8. The molecule has 2 aromatic heterocycles. The number of likely N-dealkylation sites (N-methyl/N-ethyl adjacent to an activating group) is 1. The van der Waals surface area contributed by atoms with E-state index in [2.05, 4.69) is 24.8 Å². The van der Waals surface area contributed by atoms with E-state index in [4.69, 9.17) is 0 Å². The molecule has 1 saturated heterocycles. The lowest BCUT2D eigenvalue weighted by atomic mass is 10.2. The van der Waals surface area contributed by atoms with Crippen LogP contribution in [0.1, 0.15) is 36.6 Å². The molecule has 1 atom stereocenters. The Morgan fingerprint density at radius 2 is 1.96 bits per heavy atom. The van der Waals surface area contributed by atoms with Crippen LogP contribution < -0.4 is 4.90 Å². The first-order valence-corrected chi connectivity index (χ1v) is 8.68. The minimum Gasteiger partial charge on any atom is -0.355 e. The Labute approximate surface area is 145 Å². The highest BCUT2D eigenvalue weighted by atomic mass is 19.1. The van der Waals surface area contributed by atoms with Gasteiger partial charge >= 0.3 is 0 Å². The molecule has 5 nitrogen and oxygen atoms in total. The average molecular weight is 345 g/mol. The van der Waals surface area contributed by atoms with Gasteiger partial charge in [0.05, 0.1) is 12.4 Å². The second-order valence-corrected chi connectivity index (χ2v) is 6.92. The molecule has 1 aliphatic carbocycles. The van der Waals surface area contributed by atoms with Crippen molar-refractivity contribution in [3.05, 3.63) is 47.7 Å². The van der Waals surface area contributed by atoms with Crippen LogP contribution >= 0.6 is 0 Å². The Morgan fingerprint density at radius 3 is 2.68 bits per heavy atom. The van der Waals surface area contributed by atoms with Crippen LogP contribution in [0.15, 0.2) is 24.7 Å². The number of halogens is 2. The molecule has 7 heteroatoms. The first-order chi connectivity index (χ1) is 12.1. The van der Waals surface area contributed by atoms with E-state index in [0.717, 1.165) is 43.5 Å². The number of likely N-dealkylation sites (tertiary alicyclic amines) is 1. The molecule has 4 rings (SSSR count). The molecule has 1 aliphatic heterocycles. The van der Waals surface area contributed by atoms with Gasteiger partial charge in [-0.25, -0.2) is 18.7 Å². The van der Waals surface area contributed by atoms with E-state index in [1.807, 2.05) is 19.3 Å². The summed E-state index contributed by atoms with van der Waals surface area (Å²) in [5.74, 6) is 1.21. The Bertz CT molecular complexity index is 745. The number of rotatable bonds is 5. The molecule has 2 fully saturated rings. The van der Waals surface area contributed by atoms with E-state index < -0.39 is 11.6 Å². The van der Waals surface area contributed by atoms with Gasteiger partial charge in [0.15, 0.2) is 0 Å². The molecule has 0 bridgehead atoms. The summed E-state index contributed by atoms with van der Waals surface area (Å²) in [5, 5.41) is 0. The Balaban J connectivity index is 1.42. The maximum Gasteiger partial charge on any atom is 0.148 e. The highest BCUT2D eigenvalue weighted by Crippen LogP contribution is 2.38. The topological polar surface area (TPSA) is 45.2 Å². The van der Waals surface area contributed by atoms with Gasteiger partial charge in [-0.3, -0.25) is 9.88 Å². The molecule has 1 unspecified atom stereocenters. The minimum atomic E-state index is -0.582. The number of pyridine rings is 1. The molecular weight excluding hydrogens is 324 g/mol. The second kappa shape index (κ2) is 6.63. The summed E-state index contributed by atoms with van der Waals surface area (Å²) in [6.45, 7) is 1.82. The average Bonchev–Trinajstić information content (AvgIpc) is 3.37. The quantitative estimate of drug-likeness (QED) is 0.834. The summed E-state index contributed by atoms with van der Waals surface area (Å²) >= 11 is 0. The summed E-state index contributed by atoms with van der Waals surface area (Å²) in [6.07, 6.45) is 7.24. The lowest BCUT2D eigenvalue weighted by Crippen LogP contribution is -2.35. The molecule has 0 radical (unpaired) electrons. The zero-order valence-corrected chi connectivity index (χ0v) is 14.2. The highest BCUT2D eigenvalue weighted by molar-refractivity contribution is 5.39. The van der Waals surface area contributed by atoms with Gasteiger partial charge in [-0.1, -0.05) is 0 Å². The molecule has 2 aromatic rings. The fraction of sp³-hybridized carbons (Fsp3) is 0.500. The normalized spacial score (nSPS) is 20.8. The second-order valence-electron chi connectivity index (χ2n) is 6.92. The maximum absolute atomic E-state index is 13.8. The molecule has 1 saturated carbocycles. The van der Waals surface area contributed by atoms with Gasteiger partial charge in [0.25, 0.3) is 0 Å². The predicted octanol–water partition coefficient (Wildman–Crippen LogP) is 2.74. The third kappa shape index (κ3) is 3.46. The van der Waals surface area contributed by atoms with E-state index in [1.165, 1.54) is 12.8 Å². The summed E-state index contributed by atoms with van der Waals surface area (Å²) in [5.41, 5.74) is 0.0939. The maximum atomic E-state index is 13.8. The van der Waals surface area contributed by atoms with Gasteiger partial charge < -0.3 is 4.90 Å². The van der Waals surface area contributed by atoms with Gasteiger partial charge in [-0.15, -0.1) is 0 Å². The fourth-order valence-electron chi connectivity index (χ4n) is 3.37. The smallest absolute Gasteiger partial charge is 0.148 e. The van der Waals surface area contributed by atoms with Crippen LogP contribution in [0.4, 0.5) is 14.6 Å². The van der Waals surface area contributed by atoms with Crippen molar-refractivity contribution in [2.75, 3.05) is 25.0 Å². The zero-order chi connectivity index (χ0) is 17.4. The first-order valence-electron chi connectivity index (χ1n) is 8.68. The van der Waals surface area contributed by atoms with Crippen molar-refractivity contribution in [2.24, 2.45) is 0 Å². The van der Waals surface area contributed by atoms with E-state index in [-0.39, 0.29) is 18.2 Å². The van der Waals surface area contributed by atoms with E-state index in [0.29, 0.717) is 5.92 Å². The lowest BCUT2D eigenvalue weighted by molar-refractivity contribution is 0.313. The van der Waals surface area contributed by atoms with Crippen molar-refractivity contribution in [3.63, 3.8) is 0 Å². The minimum absolute atomic E-state index is 0.0939. The van der Waals surface area contributed by atoms with Crippen LogP contribution in [0.2, 0.25) is 0 Å². The van der Waals surface area contributed by atoms with Crippen LogP contribution in [0.3, 0.4) is 0 Å². The number of anilines is 1. The van der Waals surface area contributed by atoms with Crippen molar-refractivity contribution in [1.29, 1.82) is 0 Å². The summed E-state index contributed by atoms with van der Waals surface area (Å²) < 4.78 is 27.6. The van der Waals surface area contributed by atoms with Gasteiger partial charge in [0.2, 0.25) is 0 Å². The fourth-order valence-corrected chi connectivity index (χ4v) is 3.37. The van der Waals surface area contributed by atoms with Crippen LogP contribution in [0.5, 0.6) is 0 Å². The molecule has 132 valence electrons. The van der Waals surface area contributed by atoms with E-state index >= 15 is 0 Å². The van der Waals surface area contributed by atoms with E-state index in [9.17, 15) is 8.78 Å². The number of hydrogen-bond donors (Lipinski definition) is 0. The Morgan fingerprint density at radius 1 is 1.20 bits per heavy atom. The standard InChI is InChI=1S/C18H21F2N5/c1-24(17-4-6-22-18(23-17)12-2-3-12)13-5-7-25(10-13)11-14-15(19)8-21-9-16(14)20/h4,6,8-9,12-13H,2-3,5,7,10-11H2,1H3. The third-order valence-electron chi connectivity index (χ3n) is 5.09. The van der Waals surface area contributed by atoms with Crippen LogP contribution in [0, 0.1) is 11.6 Å². The molecule has 0 aromatic carbocycles. The van der Waals surface area contributed by atoms with Crippen molar-refractivity contribution < 1.29 is 8.78 Å². The number of aromatic nitrogens is 3. The SMILES string of the molecule is CN(c1ccnc(C2CC2)n1)C1CCN(Cc2c(F)cncc2F)C1. The molecule has 3 heterocycles. The zero-order valence-electron chi connectivity index (χ0n) is 14.2. The molecule has 2 aliphatic rings. The summed E-state index contributed by atoms with van der Waals surface area (Å²) in [6, 6.07) is 2.20. The van der Waals surface area contributed by atoms with Crippen molar-refractivity contribution in [2.45, 2.75) is 37.8 Å². The number of nitrogens with zero attached hydrogens (tertiary/aromatic N) is 5. The first kappa shape index (κ1) is 16.3. The van der Waals surface area contributed by atoms with Crippen LogP contribution in [-0.4, -0.2) is 46.0 Å². The van der Waals surface area contributed by atoms with Crippen LogP contribution in [-0.2, 0) is 6.54 Å². The Hall–Kier alpha value is -2.15.